The number of carbonyl (C=O) groups excluding carboxylic acids is 3. The van der Waals surface area contributed by atoms with Crippen molar-refractivity contribution in [3.8, 4) is 17.2 Å². The molecule has 9 nitrogen and oxygen atoms in total. The minimum atomic E-state index is -0.464. The van der Waals surface area contributed by atoms with Crippen LogP contribution in [0.2, 0.25) is 0 Å². The SMILES string of the molecule is CCCCCCNC(=O)OCCCCCCCC(=O)OC1CCN(C(=O)Oc2ccc(Oc3ccccc3)cc2)C1. The average Bonchev–Trinajstić information content (AvgIpc) is 3.44. The lowest BCUT2D eigenvalue weighted by atomic mass is 10.1. The van der Waals surface area contributed by atoms with E-state index in [0.29, 0.717) is 50.6 Å². The highest BCUT2D eigenvalue weighted by molar-refractivity contribution is 5.72. The van der Waals surface area contributed by atoms with Crippen LogP contribution in [0, 0.1) is 0 Å². The second-order valence-electron chi connectivity index (χ2n) is 10.2. The van der Waals surface area contributed by atoms with Crippen LogP contribution >= 0.6 is 0 Å². The van der Waals surface area contributed by atoms with Gasteiger partial charge in [0, 0.05) is 25.9 Å². The second-order valence-corrected chi connectivity index (χ2v) is 10.2. The summed E-state index contributed by atoms with van der Waals surface area (Å²) in [7, 11) is 0. The summed E-state index contributed by atoms with van der Waals surface area (Å²) in [5, 5.41) is 2.78. The van der Waals surface area contributed by atoms with Crippen LogP contribution < -0.4 is 14.8 Å². The predicted octanol–water partition coefficient (Wildman–Crippen LogP) is 7.24. The van der Waals surface area contributed by atoms with Crippen LogP contribution in [0.1, 0.15) is 77.6 Å². The smallest absolute Gasteiger partial charge is 0.415 e. The molecule has 41 heavy (non-hydrogen) atoms. The molecule has 0 bridgehead atoms. The van der Waals surface area contributed by atoms with E-state index in [4.69, 9.17) is 18.9 Å². The molecule has 9 heteroatoms. The van der Waals surface area contributed by atoms with Crippen molar-refractivity contribution < 1.29 is 33.3 Å². The molecule has 2 amide bonds. The molecule has 1 aliphatic rings. The quantitative estimate of drug-likeness (QED) is 0.158. The Kier molecular flexibility index (Phi) is 14.4. The lowest BCUT2D eigenvalue weighted by Gasteiger charge is -2.16. The number of nitrogens with zero attached hydrogens (tertiary/aromatic N) is 1. The number of unbranched alkanes of at least 4 members (excludes halogenated alkanes) is 7. The summed E-state index contributed by atoms with van der Waals surface area (Å²) in [6, 6.07) is 16.3. The summed E-state index contributed by atoms with van der Waals surface area (Å²) in [6.45, 7) is 4.04. The Hall–Kier alpha value is -3.75. The number of para-hydroxylation sites is 1. The number of nitrogens with one attached hydrogen (secondary N) is 1. The van der Waals surface area contributed by atoms with E-state index < -0.39 is 6.09 Å². The highest BCUT2D eigenvalue weighted by Gasteiger charge is 2.30. The van der Waals surface area contributed by atoms with Crippen molar-refractivity contribution in [1.82, 2.24) is 10.2 Å². The van der Waals surface area contributed by atoms with Gasteiger partial charge in [-0.2, -0.15) is 0 Å². The molecule has 224 valence electrons. The third-order valence-corrected chi connectivity index (χ3v) is 6.77. The van der Waals surface area contributed by atoms with Gasteiger partial charge in [0.1, 0.15) is 23.4 Å². The first-order chi connectivity index (χ1) is 20.0. The molecule has 1 fully saturated rings. The maximum Gasteiger partial charge on any atom is 0.415 e. The van der Waals surface area contributed by atoms with Crippen LogP contribution in [-0.4, -0.2) is 55.4 Å². The first kappa shape index (κ1) is 31.8. The molecule has 1 unspecified atom stereocenters. The van der Waals surface area contributed by atoms with Gasteiger partial charge < -0.3 is 29.2 Å². The first-order valence-corrected chi connectivity index (χ1v) is 14.9. The van der Waals surface area contributed by atoms with Gasteiger partial charge in [-0.25, -0.2) is 9.59 Å². The Labute approximate surface area is 243 Å². The van der Waals surface area contributed by atoms with Gasteiger partial charge >= 0.3 is 18.2 Å². The number of alkyl carbamates (subject to hydrolysis) is 1. The van der Waals surface area contributed by atoms with Gasteiger partial charge in [-0.05, 0) is 55.7 Å². The van der Waals surface area contributed by atoms with Gasteiger partial charge in [-0.3, -0.25) is 4.79 Å². The van der Waals surface area contributed by atoms with E-state index in [1.165, 1.54) is 12.8 Å². The summed E-state index contributed by atoms with van der Waals surface area (Å²) in [5.74, 6) is 1.55. The summed E-state index contributed by atoms with van der Waals surface area (Å²) < 4.78 is 22.0. The molecular formula is C32H44N2O7. The molecule has 0 saturated carbocycles. The number of likely N-dealkylation sites (tertiary alicyclic amines) is 1. The number of rotatable bonds is 17. The number of benzene rings is 2. The zero-order valence-corrected chi connectivity index (χ0v) is 24.2. The topological polar surface area (TPSA) is 103 Å². The fourth-order valence-electron chi connectivity index (χ4n) is 4.46. The molecule has 2 aromatic carbocycles. The minimum Gasteiger partial charge on any atom is -0.460 e. The van der Waals surface area contributed by atoms with Crippen molar-refractivity contribution >= 4 is 18.2 Å². The number of amides is 2. The Balaban J connectivity index is 1.19. The van der Waals surface area contributed by atoms with E-state index in [-0.39, 0.29) is 18.2 Å². The standard InChI is InChI=1S/C32H44N2O7/c1-2-3-4-12-22-33-31(36)38-24-13-7-5-6-11-16-30(35)40-29-21-23-34(25-29)32(37)41-28-19-17-27(18-20-28)39-26-14-9-8-10-15-26/h8-10,14-15,17-20,29H,2-7,11-13,16,21-25H2,1H3,(H,33,36). The third-order valence-electron chi connectivity index (χ3n) is 6.77. The fraction of sp³-hybridized carbons (Fsp3) is 0.531. The highest BCUT2D eigenvalue weighted by atomic mass is 16.6. The Morgan fingerprint density at radius 1 is 0.829 bits per heavy atom. The predicted molar refractivity (Wildman–Crippen MR) is 156 cm³/mol. The summed E-state index contributed by atoms with van der Waals surface area (Å²) in [6.07, 6.45) is 8.70. The molecule has 0 aromatic heterocycles. The zero-order chi connectivity index (χ0) is 29.1. The lowest BCUT2D eigenvalue weighted by molar-refractivity contribution is -0.148. The second kappa shape index (κ2) is 18.6. The fourth-order valence-corrected chi connectivity index (χ4v) is 4.46. The summed E-state index contributed by atoms with van der Waals surface area (Å²) >= 11 is 0. The van der Waals surface area contributed by atoms with Crippen LogP contribution in [0.5, 0.6) is 17.2 Å². The van der Waals surface area contributed by atoms with Crippen molar-refractivity contribution in [3.63, 3.8) is 0 Å². The molecular weight excluding hydrogens is 524 g/mol. The molecule has 1 N–H and O–H groups in total. The third kappa shape index (κ3) is 13.0. The van der Waals surface area contributed by atoms with E-state index >= 15 is 0 Å². The van der Waals surface area contributed by atoms with Gasteiger partial charge in [-0.15, -0.1) is 0 Å². The molecule has 0 radical (unpaired) electrons. The largest absolute Gasteiger partial charge is 0.460 e. The van der Waals surface area contributed by atoms with Crippen LogP contribution in [0.4, 0.5) is 9.59 Å². The Morgan fingerprint density at radius 3 is 2.29 bits per heavy atom. The first-order valence-electron chi connectivity index (χ1n) is 14.9. The number of hydrogen-bond donors (Lipinski definition) is 1. The van der Waals surface area contributed by atoms with Crippen molar-refractivity contribution in [3.05, 3.63) is 54.6 Å². The Bertz CT molecular complexity index is 1050. The molecule has 3 rings (SSSR count). The van der Waals surface area contributed by atoms with Crippen LogP contribution in [0.15, 0.2) is 54.6 Å². The molecule has 1 atom stereocenters. The molecule has 2 aromatic rings. The van der Waals surface area contributed by atoms with E-state index in [2.05, 4.69) is 12.2 Å². The van der Waals surface area contributed by atoms with Crippen molar-refractivity contribution in [1.29, 1.82) is 0 Å². The highest BCUT2D eigenvalue weighted by Crippen LogP contribution is 2.24. The van der Waals surface area contributed by atoms with Gasteiger partial charge in [0.25, 0.3) is 0 Å². The number of hydrogen-bond acceptors (Lipinski definition) is 7. The van der Waals surface area contributed by atoms with Crippen LogP contribution in [-0.2, 0) is 14.3 Å². The molecule has 1 aliphatic heterocycles. The lowest BCUT2D eigenvalue weighted by Crippen LogP contribution is -2.33. The zero-order valence-electron chi connectivity index (χ0n) is 24.2. The van der Waals surface area contributed by atoms with Gasteiger partial charge in [-0.1, -0.05) is 63.6 Å². The van der Waals surface area contributed by atoms with Gasteiger partial charge in [0.2, 0.25) is 0 Å². The number of esters is 1. The normalized spacial score (nSPS) is 14.4. The summed E-state index contributed by atoms with van der Waals surface area (Å²) in [4.78, 5) is 38.0. The minimum absolute atomic E-state index is 0.238. The number of ether oxygens (including phenoxy) is 4. The van der Waals surface area contributed by atoms with E-state index in [1.54, 1.807) is 29.2 Å². The average molecular weight is 569 g/mol. The van der Waals surface area contributed by atoms with E-state index in [9.17, 15) is 14.4 Å². The maximum absolute atomic E-state index is 12.6. The Morgan fingerprint density at radius 2 is 1.51 bits per heavy atom. The molecule has 0 spiro atoms. The molecule has 1 heterocycles. The van der Waals surface area contributed by atoms with Crippen LogP contribution in [0.3, 0.4) is 0 Å². The van der Waals surface area contributed by atoms with Crippen molar-refractivity contribution in [2.75, 3.05) is 26.2 Å². The van der Waals surface area contributed by atoms with Gasteiger partial charge in [0.15, 0.2) is 0 Å². The number of carbonyl (C=O) groups is 3. The van der Waals surface area contributed by atoms with Crippen molar-refractivity contribution in [2.24, 2.45) is 0 Å². The molecule has 1 saturated heterocycles. The van der Waals surface area contributed by atoms with E-state index in [0.717, 1.165) is 50.7 Å². The van der Waals surface area contributed by atoms with Crippen LogP contribution in [0.25, 0.3) is 0 Å². The molecule has 0 aliphatic carbocycles. The monoisotopic (exact) mass is 568 g/mol. The van der Waals surface area contributed by atoms with E-state index in [1.807, 2.05) is 30.3 Å². The summed E-state index contributed by atoms with van der Waals surface area (Å²) in [5.41, 5.74) is 0. The van der Waals surface area contributed by atoms with Gasteiger partial charge in [0.05, 0.1) is 13.2 Å². The maximum atomic E-state index is 12.6. The van der Waals surface area contributed by atoms with Crippen molar-refractivity contribution in [2.45, 2.75) is 83.7 Å².